The smallest absolute Gasteiger partial charge is 0.333 e. The predicted octanol–water partition coefficient (Wildman–Crippen LogP) is 2.18. The van der Waals surface area contributed by atoms with E-state index in [4.69, 9.17) is 4.74 Å². The highest BCUT2D eigenvalue weighted by Gasteiger charge is 2.26. The van der Waals surface area contributed by atoms with E-state index in [0.717, 1.165) is 23.7 Å². The fourth-order valence-corrected chi connectivity index (χ4v) is 2.90. The highest BCUT2D eigenvalue weighted by Crippen LogP contribution is 2.18. The number of rotatable bonds is 5. The van der Waals surface area contributed by atoms with Gasteiger partial charge in [0.1, 0.15) is 0 Å². The normalized spacial score (nSPS) is 16.2. The Morgan fingerprint density at radius 2 is 1.96 bits per heavy atom. The van der Waals surface area contributed by atoms with Gasteiger partial charge in [0.25, 0.3) is 0 Å². The van der Waals surface area contributed by atoms with E-state index < -0.39 is 12.0 Å². The molecule has 1 fully saturated rings. The van der Waals surface area contributed by atoms with Gasteiger partial charge in [0.05, 0.1) is 13.7 Å². The summed E-state index contributed by atoms with van der Waals surface area (Å²) in [5, 5.41) is 2.67. The van der Waals surface area contributed by atoms with Crippen molar-refractivity contribution in [2.45, 2.75) is 31.7 Å². The standard InChI is InChI=1S/C17H21BrN2O4/c1-24-17(23)16(12-6-8-13(18)9-7-12)19-14(21)11-20-10-4-2-3-5-15(20)22/h6-9,16H,2-5,10-11H2,1H3,(H,19,21). The molecule has 130 valence electrons. The van der Waals surface area contributed by atoms with Crippen molar-refractivity contribution >= 4 is 33.7 Å². The maximum Gasteiger partial charge on any atom is 0.333 e. The lowest BCUT2D eigenvalue weighted by Gasteiger charge is -2.22. The molecule has 0 bridgehead atoms. The lowest BCUT2D eigenvalue weighted by molar-refractivity contribution is -0.145. The number of ether oxygens (including phenoxy) is 1. The number of hydrogen-bond acceptors (Lipinski definition) is 4. The Morgan fingerprint density at radius 1 is 1.25 bits per heavy atom. The second kappa shape index (κ2) is 8.82. The summed E-state index contributed by atoms with van der Waals surface area (Å²) in [5.74, 6) is -0.933. The maximum absolute atomic E-state index is 12.3. The number of nitrogens with zero attached hydrogens (tertiary/aromatic N) is 1. The molecule has 1 aromatic rings. The van der Waals surface area contributed by atoms with Crippen molar-refractivity contribution in [3.05, 3.63) is 34.3 Å². The third-order valence-corrected chi connectivity index (χ3v) is 4.48. The molecular weight excluding hydrogens is 376 g/mol. The van der Waals surface area contributed by atoms with Crippen LogP contribution in [0.4, 0.5) is 0 Å². The van der Waals surface area contributed by atoms with Gasteiger partial charge in [-0.05, 0) is 30.5 Å². The van der Waals surface area contributed by atoms with Crippen LogP contribution in [0.5, 0.6) is 0 Å². The molecule has 0 spiro atoms. The molecule has 1 aromatic carbocycles. The zero-order valence-corrected chi connectivity index (χ0v) is 15.2. The number of benzene rings is 1. The first-order chi connectivity index (χ1) is 11.5. The van der Waals surface area contributed by atoms with Gasteiger partial charge in [0.2, 0.25) is 11.8 Å². The highest BCUT2D eigenvalue weighted by molar-refractivity contribution is 9.10. The Labute approximate surface area is 149 Å². The van der Waals surface area contributed by atoms with Crippen LogP contribution in [0.2, 0.25) is 0 Å². The maximum atomic E-state index is 12.3. The second-order valence-corrected chi connectivity index (χ2v) is 6.62. The van der Waals surface area contributed by atoms with Crippen molar-refractivity contribution in [2.75, 3.05) is 20.2 Å². The van der Waals surface area contributed by atoms with Gasteiger partial charge in [-0.2, -0.15) is 0 Å². The summed E-state index contributed by atoms with van der Waals surface area (Å²) in [7, 11) is 1.28. The number of nitrogens with one attached hydrogen (secondary N) is 1. The van der Waals surface area contributed by atoms with E-state index in [1.54, 1.807) is 29.2 Å². The number of likely N-dealkylation sites (tertiary alicyclic amines) is 1. The summed E-state index contributed by atoms with van der Waals surface area (Å²) in [6, 6.07) is 6.16. The molecule has 0 aliphatic carbocycles. The van der Waals surface area contributed by atoms with Crippen LogP contribution in [0.15, 0.2) is 28.7 Å². The van der Waals surface area contributed by atoms with Crippen molar-refractivity contribution in [1.29, 1.82) is 0 Å². The molecule has 0 radical (unpaired) electrons. The molecule has 6 nitrogen and oxygen atoms in total. The Bertz CT molecular complexity index is 603. The minimum atomic E-state index is -0.891. The van der Waals surface area contributed by atoms with Crippen LogP contribution in [0, 0.1) is 0 Å². The van der Waals surface area contributed by atoms with Crippen LogP contribution in [-0.2, 0) is 19.1 Å². The summed E-state index contributed by atoms with van der Waals surface area (Å²) < 4.78 is 5.65. The summed E-state index contributed by atoms with van der Waals surface area (Å²) in [6.07, 6.45) is 3.22. The average Bonchev–Trinajstić information content (AvgIpc) is 2.77. The lowest BCUT2D eigenvalue weighted by atomic mass is 10.1. The lowest BCUT2D eigenvalue weighted by Crippen LogP contribution is -2.43. The van der Waals surface area contributed by atoms with Crippen molar-refractivity contribution < 1.29 is 19.1 Å². The molecule has 0 saturated carbocycles. The van der Waals surface area contributed by atoms with E-state index in [-0.39, 0.29) is 18.4 Å². The van der Waals surface area contributed by atoms with Crippen LogP contribution < -0.4 is 5.32 Å². The molecular formula is C17H21BrN2O4. The Balaban J connectivity index is 2.05. The summed E-state index contributed by atoms with van der Waals surface area (Å²) in [5.41, 5.74) is 0.626. The van der Waals surface area contributed by atoms with Gasteiger partial charge in [-0.25, -0.2) is 4.79 Å². The molecule has 1 saturated heterocycles. The van der Waals surface area contributed by atoms with E-state index in [1.807, 2.05) is 0 Å². The number of methoxy groups -OCH3 is 1. The van der Waals surface area contributed by atoms with Crippen LogP contribution in [-0.4, -0.2) is 42.9 Å². The Morgan fingerprint density at radius 3 is 2.62 bits per heavy atom. The van der Waals surface area contributed by atoms with E-state index in [2.05, 4.69) is 21.2 Å². The minimum absolute atomic E-state index is 0.0130. The fraction of sp³-hybridized carbons (Fsp3) is 0.471. The number of amides is 2. The Kier molecular flexibility index (Phi) is 6.78. The van der Waals surface area contributed by atoms with Crippen molar-refractivity contribution in [3.63, 3.8) is 0 Å². The molecule has 1 atom stereocenters. The zero-order valence-electron chi connectivity index (χ0n) is 13.6. The fourth-order valence-electron chi connectivity index (χ4n) is 2.64. The van der Waals surface area contributed by atoms with Gasteiger partial charge in [0.15, 0.2) is 6.04 Å². The third-order valence-electron chi connectivity index (χ3n) is 3.95. The average molecular weight is 397 g/mol. The number of carbonyl (C=O) groups excluding carboxylic acids is 3. The molecule has 1 N–H and O–H groups in total. The number of carbonyl (C=O) groups is 3. The number of esters is 1. The van der Waals surface area contributed by atoms with Gasteiger partial charge < -0.3 is 15.0 Å². The van der Waals surface area contributed by atoms with E-state index in [0.29, 0.717) is 18.5 Å². The van der Waals surface area contributed by atoms with E-state index in [9.17, 15) is 14.4 Å². The molecule has 1 aliphatic rings. The van der Waals surface area contributed by atoms with Gasteiger partial charge >= 0.3 is 5.97 Å². The molecule has 1 heterocycles. The summed E-state index contributed by atoms with van der Waals surface area (Å²) >= 11 is 3.33. The molecule has 1 unspecified atom stereocenters. The van der Waals surface area contributed by atoms with Gasteiger partial charge in [-0.3, -0.25) is 9.59 Å². The largest absolute Gasteiger partial charge is 0.467 e. The van der Waals surface area contributed by atoms with Crippen LogP contribution in [0.1, 0.15) is 37.3 Å². The molecule has 7 heteroatoms. The molecule has 0 aromatic heterocycles. The Hall–Kier alpha value is -1.89. The first kappa shape index (κ1) is 18.4. The minimum Gasteiger partial charge on any atom is -0.467 e. The van der Waals surface area contributed by atoms with Gasteiger partial charge in [-0.1, -0.05) is 34.5 Å². The summed E-state index contributed by atoms with van der Waals surface area (Å²) in [6.45, 7) is 0.538. The van der Waals surface area contributed by atoms with Gasteiger partial charge in [0, 0.05) is 17.4 Å². The molecule has 1 aliphatic heterocycles. The van der Waals surface area contributed by atoms with Crippen LogP contribution in [0.25, 0.3) is 0 Å². The molecule has 2 rings (SSSR count). The van der Waals surface area contributed by atoms with Crippen LogP contribution in [0.3, 0.4) is 0 Å². The first-order valence-corrected chi connectivity index (χ1v) is 8.71. The number of halogens is 1. The monoisotopic (exact) mass is 396 g/mol. The molecule has 24 heavy (non-hydrogen) atoms. The summed E-state index contributed by atoms with van der Waals surface area (Å²) in [4.78, 5) is 37.9. The van der Waals surface area contributed by atoms with Crippen molar-refractivity contribution in [1.82, 2.24) is 10.2 Å². The van der Waals surface area contributed by atoms with Crippen molar-refractivity contribution in [3.8, 4) is 0 Å². The topological polar surface area (TPSA) is 75.7 Å². The number of hydrogen-bond donors (Lipinski definition) is 1. The van der Waals surface area contributed by atoms with E-state index in [1.165, 1.54) is 7.11 Å². The quantitative estimate of drug-likeness (QED) is 0.773. The first-order valence-electron chi connectivity index (χ1n) is 7.91. The molecule has 2 amide bonds. The predicted molar refractivity (Wildman–Crippen MR) is 92.1 cm³/mol. The van der Waals surface area contributed by atoms with Crippen LogP contribution >= 0.6 is 15.9 Å². The van der Waals surface area contributed by atoms with E-state index >= 15 is 0 Å². The highest BCUT2D eigenvalue weighted by atomic mass is 79.9. The second-order valence-electron chi connectivity index (χ2n) is 5.70. The SMILES string of the molecule is COC(=O)C(NC(=O)CN1CCCCCC1=O)c1ccc(Br)cc1. The van der Waals surface area contributed by atoms with Crippen molar-refractivity contribution in [2.24, 2.45) is 0 Å². The zero-order chi connectivity index (χ0) is 17.5. The van der Waals surface area contributed by atoms with Gasteiger partial charge in [-0.15, -0.1) is 0 Å². The third kappa shape index (κ3) is 5.06.